The van der Waals surface area contributed by atoms with Crippen LogP contribution in [0.2, 0.25) is 10.0 Å². The number of carbonyl (C=O) groups excluding carboxylic acids is 2. The molecule has 1 heterocycles. The van der Waals surface area contributed by atoms with Crippen LogP contribution < -0.4 is 5.32 Å². The summed E-state index contributed by atoms with van der Waals surface area (Å²) in [4.78, 5) is 36.8. The molecule has 0 aliphatic carbocycles. The summed E-state index contributed by atoms with van der Waals surface area (Å²) in [6.07, 6.45) is 1.05. The number of benzene rings is 2. The number of amides is 2. The number of anilines is 1. The standard InChI is InChI=1S/C18H14Cl2FN3O4/c19-12-5-3-10(8-13(12)20)18(26)23-7-1-2-15(23)17(25)22-11-4-6-14(21)16(9-11)24(27)28/h3-6,8-9,15H,1-2,7H2,(H,22,25). The van der Waals surface area contributed by atoms with Gasteiger partial charge in [-0.05, 0) is 43.2 Å². The van der Waals surface area contributed by atoms with Crippen LogP contribution >= 0.6 is 23.2 Å². The van der Waals surface area contributed by atoms with Crippen molar-refractivity contribution >= 4 is 46.4 Å². The number of halogens is 3. The van der Waals surface area contributed by atoms with Crippen LogP contribution in [-0.2, 0) is 4.79 Å². The zero-order valence-electron chi connectivity index (χ0n) is 14.3. The smallest absolute Gasteiger partial charge is 0.306 e. The summed E-state index contributed by atoms with van der Waals surface area (Å²) in [7, 11) is 0. The van der Waals surface area contributed by atoms with Crippen LogP contribution in [0.5, 0.6) is 0 Å². The molecule has 1 atom stereocenters. The van der Waals surface area contributed by atoms with Gasteiger partial charge in [-0.3, -0.25) is 19.7 Å². The van der Waals surface area contributed by atoms with Gasteiger partial charge in [0.25, 0.3) is 5.91 Å². The number of nitrogens with one attached hydrogen (secondary N) is 1. The maximum atomic E-state index is 13.4. The molecule has 28 heavy (non-hydrogen) atoms. The number of nitro groups is 1. The van der Waals surface area contributed by atoms with E-state index in [1.54, 1.807) is 0 Å². The summed E-state index contributed by atoms with van der Waals surface area (Å²) in [5.74, 6) is -1.88. The number of hydrogen-bond acceptors (Lipinski definition) is 4. The van der Waals surface area contributed by atoms with Crippen LogP contribution in [0.1, 0.15) is 23.2 Å². The molecule has 7 nitrogen and oxygen atoms in total. The normalized spacial score (nSPS) is 16.1. The minimum absolute atomic E-state index is 0.0759. The minimum Gasteiger partial charge on any atom is -0.327 e. The summed E-state index contributed by atoms with van der Waals surface area (Å²) in [5.41, 5.74) is -0.369. The van der Waals surface area contributed by atoms with Crippen molar-refractivity contribution in [2.45, 2.75) is 18.9 Å². The molecule has 2 aromatic rings. The highest BCUT2D eigenvalue weighted by atomic mass is 35.5. The second-order valence-corrected chi connectivity index (χ2v) is 7.01. The molecule has 0 saturated carbocycles. The number of nitrogens with zero attached hydrogens (tertiary/aromatic N) is 2. The van der Waals surface area contributed by atoms with Crippen LogP contribution in [0.3, 0.4) is 0 Å². The predicted molar refractivity (Wildman–Crippen MR) is 102 cm³/mol. The first kappa shape index (κ1) is 20.0. The van der Waals surface area contributed by atoms with Gasteiger partial charge in [-0.1, -0.05) is 23.2 Å². The largest absolute Gasteiger partial charge is 0.327 e. The Hall–Kier alpha value is -2.71. The second-order valence-electron chi connectivity index (χ2n) is 6.20. The fraction of sp³-hybridized carbons (Fsp3) is 0.222. The monoisotopic (exact) mass is 425 g/mol. The van der Waals surface area contributed by atoms with E-state index < -0.39 is 28.4 Å². The Kier molecular flexibility index (Phi) is 5.81. The number of rotatable bonds is 4. The van der Waals surface area contributed by atoms with Gasteiger partial charge in [-0.25, -0.2) is 0 Å². The lowest BCUT2D eigenvalue weighted by molar-refractivity contribution is -0.387. The Morgan fingerprint density at radius 2 is 1.93 bits per heavy atom. The van der Waals surface area contributed by atoms with Crippen molar-refractivity contribution in [1.82, 2.24) is 4.90 Å². The lowest BCUT2D eigenvalue weighted by atomic mass is 10.1. The van der Waals surface area contributed by atoms with Gasteiger partial charge in [0.1, 0.15) is 6.04 Å². The quantitative estimate of drug-likeness (QED) is 0.584. The third-order valence-corrected chi connectivity index (χ3v) is 5.13. The van der Waals surface area contributed by atoms with E-state index in [0.717, 1.165) is 12.1 Å². The summed E-state index contributed by atoms with van der Waals surface area (Å²) >= 11 is 11.8. The van der Waals surface area contributed by atoms with E-state index in [4.69, 9.17) is 23.2 Å². The Bertz CT molecular complexity index is 970. The van der Waals surface area contributed by atoms with Crippen molar-refractivity contribution in [3.63, 3.8) is 0 Å². The number of nitro benzene ring substituents is 1. The van der Waals surface area contributed by atoms with Crippen molar-refractivity contribution in [2.24, 2.45) is 0 Å². The van der Waals surface area contributed by atoms with Crippen LogP contribution in [0.4, 0.5) is 15.8 Å². The molecule has 0 spiro atoms. The van der Waals surface area contributed by atoms with E-state index in [-0.39, 0.29) is 16.6 Å². The van der Waals surface area contributed by atoms with Gasteiger partial charge in [0, 0.05) is 23.9 Å². The lowest BCUT2D eigenvalue weighted by Crippen LogP contribution is -2.43. The van der Waals surface area contributed by atoms with Crippen LogP contribution in [0.25, 0.3) is 0 Å². The van der Waals surface area contributed by atoms with Crippen molar-refractivity contribution in [2.75, 3.05) is 11.9 Å². The maximum absolute atomic E-state index is 13.4. The molecule has 1 aliphatic heterocycles. The first-order valence-corrected chi connectivity index (χ1v) is 9.04. The molecule has 1 unspecified atom stereocenters. The molecule has 10 heteroatoms. The Balaban J connectivity index is 1.77. The van der Waals surface area contributed by atoms with Gasteiger partial charge >= 0.3 is 5.69 Å². The average Bonchev–Trinajstić information content (AvgIpc) is 3.14. The summed E-state index contributed by atoms with van der Waals surface area (Å²) in [6.45, 7) is 0.376. The Labute approximate surface area is 169 Å². The molecule has 146 valence electrons. The molecular formula is C18H14Cl2FN3O4. The molecule has 3 rings (SSSR count). The van der Waals surface area contributed by atoms with Gasteiger partial charge in [-0.2, -0.15) is 4.39 Å². The van der Waals surface area contributed by atoms with E-state index in [0.29, 0.717) is 30.0 Å². The first-order valence-electron chi connectivity index (χ1n) is 8.28. The van der Waals surface area contributed by atoms with E-state index in [1.165, 1.54) is 29.2 Å². The minimum atomic E-state index is -1.000. The second kappa shape index (κ2) is 8.12. The number of carbonyl (C=O) groups is 2. The zero-order chi connectivity index (χ0) is 20.4. The molecule has 2 aromatic carbocycles. The molecule has 1 aliphatic rings. The van der Waals surface area contributed by atoms with Gasteiger partial charge in [0.2, 0.25) is 11.7 Å². The van der Waals surface area contributed by atoms with Crippen molar-refractivity contribution < 1.29 is 18.9 Å². The molecule has 0 aromatic heterocycles. The molecule has 0 radical (unpaired) electrons. The molecule has 2 amide bonds. The predicted octanol–water partition coefficient (Wildman–Crippen LogP) is 4.28. The third-order valence-electron chi connectivity index (χ3n) is 4.39. The fourth-order valence-electron chi connectivity index (χ4n) is 3.03. The highest BCUT2D eigenvalue weighted by molar-refractivity contribution is 6.42. The average molecular weight is 426 g/mol. The van der Waals surface area contributed by atoms with Gasteiger partial charge < -0.3 is 10.2 Å². The van der Waals surface area contributed by atoms with Crippen molar-refractivity contribution in [1.29, 1.82) is 0 Å². The number of hydrogen-bond donors (Lipinski definition) is 1. The Morgan fingerprint density at radius 3 is 2.61 bits per heavy atom. The zero-order valence-corrected chi connectivity index (χ0v) is 15.8. The van der Waals surface area contributed by atoms with Crippen molar-refractivity contribution in [3.05, 3.63) is 67.9 Å². The fourth-order valence-corrected chi connectivity index (χ4v) is 3.33. The van der Waals surface area contributed by atoms with Gasteiger partial charge in [0.15, 0.2) is 0 Å². The van der Waals surface area contributed by atoms with Crippen LogP contribution in [0, 0.1) is 15.9 Å². The van der Waals surface area contributed by atoms with Crippen LogP contribution in [-0.4, -0.2) is 34.2 Å². The van der Waals surface area contributed by atoms with Crippen molar-refractivity contribution in [3.8, 4) is 0 Å². The maximum Gasteiger partial charge on any atom is 0.306 e. The SMILES string of the molecule is O=C(Nc1ccc(F)c([N+](=O)[O-])c1)C1CCCN1C(=O)c1ccc(Cl)c(Cl)c1. The van der Waals surface area contributed by atoms with E-state index in [9.17, 15) is 24.1 Å². The highest BCUT2D eigenvalue weighted by Gasteiger charge is 2.35. The molecule has 1 fully saturated rings. The van der Waals surface area contributed by atoms with E-state index in [2.05, 4.69) is 5.32 Å². The van der Waals surface area contributed by atoms with Gasteiger partial charge in [0.05, 0.1) is 15.0 Å². The number of likely N-dealkylation sites (tertiary alicyclic amines) is 1. The van der Waals surface area contributed by atoms with Crippen LogP contribution in [0.15, 0.2) is 36.4 Å². The third kappa shape index (κ3) is 4.07. The van der Waals surface area contributed by atoms with E-state index in [1.807, 2.05) is 0 Å². The highest BCUT2D eigenvalue weighted by Crippen LogP contribution is 2.27. The summed E-state index contributed by atoms with van der Waals surface area (Å²) in [6, 6.07) is 6.76. The molecule has 1 saturated heterocycles. The lowest BCUT2D eigenvalue weighted by Gasteiger charge is -2.24. The van der Waals surface area contributed by atoms with Gasteiger partial charge in [-0.15, -0.1) is 0 Å². The van der Waals surface area contributed by atoms with E-state index >= 15 is 0 Å². The topological polar surface area (TPSA) is 92.5 Å². The molecule has 1 N–H and O–H groups in total. The summed E-state index contributed by atoms with van der Waals surface area (Å²) in [5, 5.41) is 13.9. The molecular weight excluding hydrogens is 412 g/mol. The first-order chi connectivity index (χ1) is 13.3. The Morgan fingerprint density at radius 1 is 1.18 bits per heavy atom. The molecule has 0 bridgehead atoms. The summed E-state index contributed by atoms with van der Waals surface area (Å²) < 4.78 is 13.4.